The number of benzene rings is 1. The van der Waals surface area contributed by atoms with Crippen LogP contribution in [0.1, 0.15) is 11.1 Å². The fourth-order valence-electron chi connectivity index (χ4n) is 2.16. The molecule has 2 rings (SSSR count). The Hall–Kier alpha value is -1.97. The average Bonchev–Trinajstić information content (AvgIpc) is 2.47. The van der Waals surface area contributed by atoms with Crippen LogP contribution in [-0.2, 0) is 20.8 Å². The standard InChI is InChI=1S/C14H15FN2O3/c1-19-14(18)13-9-17(4-5-20-13)8-11-6-12(15)3-2-10(11)7-16/h2-3,6,13H,4-5,8-9H2,1H3. The second-order valence-corrected chi connectivity index (χ2v) is 4.53. The largest absolute Gasteiger partial charge is 0.467 e. The van der Waals surface area contributed by atoms with Crippen LogP contribution in [0, 0.1) is 17.1 Å². The van der Waals surface area contributed by atoms with Crippen LogP contribution in [0.2, 0.25) is 0 Å². The summed E-state index contributed by atoms with van der Waals surface area (Å²) < 4.78 is 23.2. The van der Waals surface area contributed by atoms with Crippen LogP contribution in [0.5, 0.6) is 0 Å². The molecule has 0 spiro atoms. The zero-order valence-electron chi connectivity index (χ0n) is 11.1. The molecule has 1 aromatic rings. The lowest BCUT2D eigenvalue weighted by molar-refractivity contribution is -0.160. The first-order chi connectivity index (χ1) is 9.63. The van der Waals surface area contributed by atoms with E-state index in [4.69, 9.17) is 10.00 Å². The summed E-state index contributed by atoms with van der Waals surface area (Å²) in [6.07, 6.45) is -0.632. The lowest BCUT2D eigenvalue weighted by atomic mass is 10.1. The second kappa shape index (κ2) is 6.46. The van der Waals surface area contributed by atoms with Crippen molar-refractivity contribution in [2.75, 3.05) is 26.8 Å². The van der Waals surface area contributed by atoms with Gasteiger partial charge in [0, 0.05) is 19.6 Å². The maximum atomic E-state index is 13.3. The molecule has 0 N–H and O–H groups in total. The van der Waals surface area contributed by atoms with Crippen molar-refractivity contribution in [1.29, 1.82) is 5.26 Å². The summed E-state index contributed by atoms with van der Waals surface area (Å²) in [4.78, 5) is 13.4. The first-order valence-corrected chi connectivity index (χ1v) is 6.24. The lowest BCUT2D eigenvalue weighted by Crippen LogP contribution is -2.46. The third kappa shape index (κ3) is 3.32. The highest BCUT2D eigenvalue weighted by Gasteiger charge is 2.27. The number of hydrogen-bond donors (Lipinski definition) is 0. The number of carbonyl (C=O) groups excluding carboxylic acids is 1. The van der Waals surface area contributed by atoms with E-state index in [1.807, 2.05) is 11.0 Å². The third-order valence-electron chi connectivity index (χ3n) is 3.20. The number of ether oxygens (including phenoxy) is 2. The van der Waals surface area contributed by atoms with E-state index in [1.165, 1.54) is 25.3 Å². The molecule has 1 heterocycles. The number of rotatable bonds is 3. The van der Waals surface area contributed by atoms with Gasteiger partial charge >= 0.3 is 5.97 Å². The normalized spacial score (nSPS) is 19.4. The van der Waals surface area contributed by atoms with Crippen molar-refractivity contribution in [3.8, 4) is 6.07 Å². The highest BCUT2D eigenvalue weighted by atomic mass is 19.1. The molecule has 0 saturated carbocycles. The van der Waals surface area contributed by atoms with Gasteiger partial charge < -0.3 is 9.47 Å². The van der Waals surface area contributed by atoms with Gasteiger partial charge in [0.1, 0.15) is 5.82 Å². The molecule has 1 atom stereocenters. The smallest absolute Gasteiger partial charge is 0.336 e. The van der Waals surface area contributed by atoms with E-state index in [9.17, 15) is 9.18 Å². The monoisotopic (exact) mass is 278 g/mol. The van der Waals surface area contributed by atoms with E-state index >= 15 is 0 Å². The van der Waals surface area contributed by atoms with Crippen LogP contribution in [0.4, 0.5) is 4.39 Å². The minimum atomic E-state index is -0.632. The van der Waals surface area contributed by atoms with Crippen LogP contribution in [0.15, 0.2) is 18.2 Å². The van der Waals surface area contributed by atoms with E-state index in [0.717, 1.165) is 0 Å². The topological polar surface area (TPSA) is 62.6 Å². The van der Waals surface area contributed by atoms with E-state index in [-0.39, 0.29) is 5.82 Å². The van der Waals surface area contributed by atoms with E-state index < -0.39 is 12.1 Å². The highest BCUT2D eigenvalue weighted by Crippen LogP contribution is 2.16. The number of nitrogens with zero attached hydrogens (tertiary/aromatic N) is 2. The molecule has 0 aliphatic carbocycles. The molecule has 20 heavy (non-hydrogen) atoms. The van der Waals surface area contributed by atoms with Crippen molar-refractivity contribution in [3.05, 3.63) is 35.1 Å². The van der Waals surface area contributed by atoms with Gasteiger partial charge in [0.2, 0.25) is 0 Å². The fourth-order valence-corrected chi connectivity index (χ4v) is 2.16. The molecule has 1 aliphatic rings. The number of morpholine rings is 1. The molecule has 1 saturated heterocycles. The van der Waals surface area contributed by atoms with E-state index in [2.05, 4.69) is 4.74 Å². The summed E-state index contributed by atoms with van der Waals surface area (Å²) >= 11 is 0. The quantitative estimate of drug-likeness (QED) is 0.774. The van der Waals surface area contributed by atoms with Gasteiger partial charge in [0.15, 0.2) is 6.10 Å². The summed E-state index contributed by atoms with van der Waals surface area (Å²) in [6, 6.07) is 6.11. The van der Waals surface area contributed by atoms with Crippen molar-refractivity contribution in [1.82, 2.24) is 4.90 Å². The van der Waals surface area contributed by atoms with Crippen molar-refractivity contribution in [2.45, 2.75) is 12.6 Å². The molecule has 0 amide bonds. The third-order valence-corrected chi connectivity index (χ3v) is 3.20. The van der Waals surface area contributed by atoms with Crippen molar-refractivity contribution < 1.29 is 18.7 Å². The molecule has 6 heteroatoms. The number of nitriles is 1. The average molecular weight is 278 g/mol. The molecule has 1 aliphatic heterocycles. The van der Waals surface area contributed by atoms with Crippen molar-refractivity contribution >= 4 is 5.97 Å². The predicted octanol–water partition coefficient (Wildman–Crippen LogP) is 1.07. The Morgan fingerprint density at radius 3 is 3.15 bits per heavy atom. The number of carbonyl (C=O) groups is 1. The van der Waals surface area contributed by atoms with Crippen molar-refractivity contribution in [2.24, 2.45) is 0 Å². The zero-order chi connectivity index (χ0) is 14.5. The minimum Gasteiger partial charge on any atom is -0.467 e. The predicted molar refractivity (Wildman–Crippen MR) is 68.1 cm³/mol. The Balaban J connectivity index is 2.08. The molecular formula is C14H15FN2O3. The van der Waals surface area contributed by atoms with Crippen LogP contribution in [0.25, 0.3) is 0 Å². The Bertz CT molecular complexity index is 542. The zero-order valence-corrected chi connectivity index (χ0v) is 11.1. The molecule has 1 aromatic carbocycles. The molecule has 1 fully saturated rings. The summed E-state index contributed by atoms with van der Waals surface area (Å²) in [5, 5.41) is 9.03. The number of methoxy groups -OCH3 is 1. The minimum absolute atomic E-state index is 0.369. The SMILES string of the molecule is COC(=O)C1CN(Cc2cc(F)ccc2C#N)CCO1. The molecular weight excluding hydrogens is 263 g/mol. The van der Waals surface area contributed by atoms with Gasteiger partial charge in [0.25, 0.3) is 0 Å². The number of halogens is 1. The van der Waals surface area contributed by atoms with E-state index in [1.54, 1.807) is 0 Å². The van der Waals surface area contributed by atoms with Gasteiger partial charge in [-0.2, -0.15) is 5.26 Å². The molecule has 0 radical (unpaired) electrons. The summed E-state index contributed by atoms with van der Waals surface area (Å²) in [7, 11) is 1.31. The Morgan fingerprint density at radius 1 is 1.65 bits per heavy atom. The van der Waals surface area contributed by atoms with Gasteiger partial charge in [-0.1, -0.05) is 0 Å². The van der Waals surface area contributed by atoms with Gasteiger partial charge in [-0.3, -0.25) is 4.90 Å². The fraction of sp³-hybridized carbons (Fsp3) is 0.429. The van der Waals surface area contributed by atoms with Gasteiger partial charge in [-0.15, -0.1) is 0 Å². The summed E-state index contributed by atoms with van der Waals surface area (Å²) in [5.74, 6) is -0.800. The van der Waals surface area contributed by atoms with Gasteiger partial charge in [-0.25, -0.2) is 9.18 Å². The lowest BCUT2D eigenvalue weighted by Gasteiger charge is -2.31. The maximum Gasteiger partial charge on any atom is 0.336 e. The summed E-state index contributed by atoms with van der Waals surface area (Å²) in [6.45, 7) is 1.79. The van der Waals surface area contributed by atoms with Gasteiger partial charge in [-0.05, 0) is 23.8 Å². The molecule has 0 aromatic heterocycles. The van der Waals surface area contributed by atoms with E-state index in [0.29, 0.717) is 37.4 Å². The van der Waals surface area contributed by atoms with Crippen LogP contribution in [0.3, 0.4) is 0 Å². The molecule has 106 valence electrons. The van der Waals surface area contributed by atoms with Crippen LogP contribution < -0.4 is 0 Å². The Morgan fingerprint density at radius 2 is 2.45 bits per heavy atom. The number of hydrogen-bond acceptors (Lipinski definition) is 5. The molecule has 0 bridgehead atoms. The number of esters is 1. The van der Waals surface area contributed by atoms with Crippen LogP contribution >= 0.6 is 0 Å². The Kier molecular flexibility index (Phi) is 4.66. The second-order valence-electron chi connectivity index (χ2n) is 4.53. The van der Waals surface area contributed by atoms with Crippen LogP contribution in [-0.4, -0.2) is 43.8 Å². The molecule has 5 nitrogen and oxygen atoms in total. The first-order valence-electron chi connectivity index (χ1n) is 6.24. The van der Waals surface area contributed by atoms with Gasteiger partial charge in [0.05, 0.1) is 25.3 Å². The molecule has 1 unspecified atom stereocenters. The first kappa shape index (κ1) is 14.4. The van der Waals surface area contributed by atoms with Crippen molar-refractivity contribution in [3.63, 3.8) is 0 Å². The Labute approximate surface area is 116 Å². The summed E-state index contributed by atoms with van der Waals surface area (Å²) in [5.41, 5.74) is 1.05. The highest BCUT2D eigenvalue weighted by molar-refractivity contribution is 5.74. The maximum absolute atomic E-state index is 13.3.